The van der Waals surface area contributed by atoms with Crippen molar-refractivity contribution in [2.75, 3.05) is 19.6 Å². The molecule has 1 saturated heterocycles. The molecule has 1 N–H and O–H groups in total. The van der Waals surface area contributed by atoms with Crippen LogP contribution in [0.3, 0.4) is 0 Å². The van der Waals surface area contributed by atoms with Crippen molar-refractivity contribution in [2.45, 2.75) is 38.8 Å². The largest absolute Gasteiger partial charge is 0.310 e. The van der Waals surface area contributed by atoms with Gasteiger partial charge < -0.3 is 5.32 Å². The highest BCUT2D eigenvalue weighted by Crippen LogP contribution is 2.18. The molecule has 3 heteroatoms. The monoisotopic (exact) mass is 283 g/mol. The summed E-state index contributed by atoms with van der Waals surface area (Å²) in [6, 6.07) is 12.7. The van der Waals surface area contributed by atoms with Gasteiger partial charge in [0.05, 0.1) is 11.2 Å². The van der Waals surface area contributed by atoms with Crippen LogP contribution in [-0.4, -0.2) is 35.1 Å². The molecule has 1 aromatic carbocycles. The third kappa shape index (κ3) is 3.42. The minimum Gasteiger partial charge on any atom is -0.310 e. The SMILES string of the molecule is CCC1(C)CN(Cc2ccc3ccccc3n2)CCCN1. The fraction of sp³-hybridized carbons (Fsp3) is 0.500. The molecule has 2 aromatic rings. The molecule has 112 valence electrons. The number of pyridine rings is 1. The number of para-hydroxylation sites is 1. The van der Waals surface area contributed by atoms with E-state index >= 15 is 0 Å². The second kappa shape index (κ2) is 6.12. The van der Waals surface area contributed by atoms with Crippen molar-refractivity contribution >= 4 is 10.9 Å². The van der Waals surface area contributed by atoms with E-state index in [0.717, 1.165) is 38.1 Å². The third-order valence-electron chi connectivity index (χ3n) is 4.60. The van der Waals surface area contributed by atoms with Gasteiger partial charge in [0.25, 0.3) is 0 Å². The van der Waals surface area contributed by atoms with E-state index in [1.165, 1.54) is 17.5 Å². The van der Waals surface area contributed by atoms with Crippen molar-refractivity contribution in [2.24, 2.45) is 0 Å². The maximum Gasteiger partial charge on any atom is 0.0705 e. The minimum absolute atomic E-state index is 0.230. The smallest absolute Gasteiger partial charge is 0.0705 e. The van der Waals surface area contributed by atoms with Crippen LogP contribution in [0.1, 0.15) is 32.4 Å². The topological polar surface area (TPSA) is 28.2 Å². The van der Waals surface area contributed by atoms with Crippen molar-refractivity contribution in [3.63, 3.8) is 0 Å². The standard InChI is InChI=1S/C18H25N3/c1-3-18(2)14-21(12-6-11-19-18)13-16-10-9-15-7-4-5-8-17(15)20-16/h4-5,7-10,19H,3,6,11-14H2,1-2H3. The molecule has 1 atom stereocenters. The summed E-state index contributed by atoms with van der Waals surface area (Å²) in [4.78, 5) is 7.35. The van der Waals surface area contributed by atoms with E-state index in [9.17, 15) is 0 Å². The quantitative estimate of drug-likeness (QED) is 0.937. The van der Waals surface area contributed by atoms with Crippen LogP contribution in [0.5, 0.6) is 0 Å². The van der Waals surface area contributed by atoms with Gasteiger partial charge in [-0.25, -0.2) is 0 Å². The summed E-state index contributed by atoms with van der Waals surface area (Å²) in [5.74, 6) is 0. The van der Waals surface area contributed by atoms with E-state index in [4.69, 9.17) is 4.98 Å². The number of nitrogens with one attached hydrogen (secondary N) is 1. The first-order valence-corrected chi connectivity index (χ1v) is 8.01. The Morgan fingerprint density at radius 1 is 1.24 bits per heavy atom. The van der Waals surface area contributed by atoms with Gasteiger partial charge in [-0.15, -0.1) is 0 Å². The van der Waals surface area contributed by atoms with Gasteiger partial charge in [0.1, 0.15) is 0 Å². The number of fused-ring (bicyclic) bond motifs is 1. The summed E-state index contributed by atoms with van der Waals surface area (Å²) in [5.41, 5.74) is 2.50. The van der Waals surface area contributed by atoms with Crippen molar-refractivity contribution in [1.82, 2.24) is 15.2 Å². The first kappa shape index (κ1) is 14.5. The normalized spacial score (nSPS) is 24.1. The van der Waals surface area contributed by atoms with Crippen LogP contribution in [0.15, 0.2) is 36.4 Å². The van der Waals surface area contributed by atoms with Crippen molar-refractivity contribution in [3.05, 3.63) is 42.1 Å². The number of nitrogens with zero attached hydrogens (tertiary/aromatic N) is 2. The molecule has 1 aliphatic rings. The fourth-order valence-electron chi connectivity index (χ4n) is 3.12. The zero-order valence-electron chi connectivity index (χ0n) is 13.1. The van der Waals surface area contributed by atoms with Crippen LogP contribution < -0.4 is 5.32 Å². The van der Waals surface area contributed by atoms with E-state index in [-0.39, 0.29) is 5.54 Å². The minimum atomic E-state index is 0.230. The van der Waals surface area contributed by atoms with Crippen LogP contribution in [0.25, 0.3) is 10.9 Å². The fourth-order valence-corrected chi connectivity index (χ4v) is 3.12. The molecule has 1 unspecified atom stereocenters. The molecule has 0 amide bonds. The Morgan fingerprint density at radius 3 is 2.95 bits per heavy atom. The number of aromatic nitrogens is 1. The zero-order valence-corrected chi connectivity index (χ0v) is 13.1. The van der Waals surface area contributed by atoms with E-state index in [2.05, 4.69) is 60.5 Å². The predicted molar refractivity (Wildman–Crippen MR) is 88.3 cm³/mol. The van der Waals surface area contributed by atoms with E-state index in [1.807, 2.05) is 0 Å². The number of hydrogen-bond donors (Lipinski definition) is 1. The molecule has 3 rings (SSSR count). The second-order valence-electron chi connectivity index (χ2n) is 6.40. The summed E-state index contributed by atoms with van der Waals surface area (Å²) < 4.78 is 0. The molecule has 0 bridgehead atoms. The number of benzene rings is 1. The Balaban J connectivity index is 1.77. The van der Waals surface area contributed by atoms with E-state index in [1.54, 1.807) is 0 Å². The summed E-state index contributed by atoms with van der Waals surface area (Å²) in [5, 5.41) is 4.91. The van der Waals surface area contributed by atoms with Gasteiger partial charge >= 0.3 is 0 Å². The van der Waals surface area contributed by atoms with Crippen molar-refractivity contribution in [3.8, 4) is 0 Å². The van der Waals surface area contributed by atoms with Crippen molar-refractivity contribution < 1.29 is 0 Å². The number of hydrogen-bond acceptors (Lipinski definition) is 3. The van der Waals surface area contributed by atoms with Crippen LogP contribution in [-0.2, 0) is 6.54 Å². The average Bonchev–Trinajstić information content (AvgIpc) is 2.69. The molecule has 3 nitrogen and oxygen atoms in total. The molecule has 1 aliphatic heterocycles. The second-order valence-corrected chi connectivity index (χ2v) is 6.40. The molecular formula is C18H25N3. The molecule has 0 saturated carbocycles. The maximum absolute atomic E-state index is 4.81. The van der Waals surface area contributed by atoms with Gasteiger partial charge in [-0.05, 0) is 45.0 Å². The zero-order chi connectivity index (χ0) is 14.7. The summed E-state index contributed by atoms with van der Waals surface area (Å²) in [6.07, 6.45) is 2.37. The van der Waals surface area contributed by atoms with Crippen LogP contribution in [0, 0.1) is 0 Å². The number of rotatable bonds is 3. The van der Waals surface area contributed by atoms with Gasteiger partial charge in [-0.1, -0.05) is 31.2 Å². The van der Waals surface area contributed by atoms with Crippen molar-refractivity contribution in [1.29, 1.82) is 0 Å². The highest BCUT2D eigenvalue weighted by Gasteiger charge is 2.27. The highest BCUT2D eigenvalue weighted by molar-refractivity contribution is 5.78. The van der Waals surface area contributed by atoms with Crippen LogP contribution in [0.2, 0.25) is 0 Å². The van der Waals surface area contributed by atoms with E-state index in [0.29, 0.717) is 0 Å². The van der Waals surface area contributed by atoms with Crippen LogP contribution >= 0.6 is 0 Å². The van der Waals surface area contributed by atoms with E-state index < -0.39 is 0 Å². The van der Waals surface area contributed by atoms with Gasteiger partial charge in [0, 0.05) is 24.0 Å². The Bertz CT molecular complexity index is 610. The lowest BCUT2D eigenvalue weighted by molar-refractivity contribution is 0.207. The molecular weight excluding hydrogens is 258 g/mol. The lowest BCUT2D eigenvalue weighted by atomic mass is 9.98. The lowest BCUT2D eigenvalue weighted by Gasteiger charge is -2.32. The highest BCUT2D eigenvalue weighted by atomic mass is 15.2. The van der Waals surface area contributed by atoms with Crippen LogP contribution in [0.4, 0.5) is 0 Å². The third-order valence-corrected chi connectivity index (χ3v) is 4.60. The summed E-state index contributed by atoms with van der Waals surface area (Å²) >= 11 is 0. The van der Waals surface area contributed by atoms with Gasteiger partial charge in [-0.2, -0.15) is 0 Å². The maximum atomic E-state index is 4.81. The van der Waals surface area contributed by atoms with Gasteiger partial charge in [-0.3, -0.25) is 9.88 Å². The molecule has 0 spiro atoms. The Hall–Kier alpha value is -1.45. The molecule has 2 heterocycles. The first-order valence-electron chi connectivity index (χ1n) is 8.01. The Kier molecular flexibility index (Phi) is 4.22. The predicted octanol–water partition coefficient (Wildman–Crippen LogP) is 3.20. The first-order chi connectivity index (χ1) is 10.2. The molecule has 0 radical (unpaired) electrons. The van der Waals surface area contributed by atoms with Gasteiger partial charge in [0.2, 0.25) is 0 Å². The Labute approximate surface area is 127 Å². The average molecular weight is 283 g/mol. The summed E-state index contributed by atoms with van der Waals surface area (Å²) in [6.45, 7) is 8.91. The Morgan fingerprint density at radius 2 is 2.10 bits per heavy atom. The molecule has 1 aromatic heterocycles. The molecule has 0 aliphatic carbocycles. The summed E-state index contributed by atoms with van der Waals surface area (Å²) in [7, 11) is 0. The van der Waals surface area contributed by atoms with Gasteiger partial charge in [0.15, 0.2) is 0 Å². The molecule has 1 fully saturated rings. The lowest BCUT2D eigenvalue weighted by Crippen LogP contribution is -2.48. The molecule has 21 heavy (non-hydrogen) atoms.